The van der Waals surface area contributed by atoms with Gasteiger partial charge in [-0.2, -0.15) is 27.8 Å². The molecule has 1 atom stereocenters. The lowest BCUT2D eigenvalue weighted by molar-refractivity contribution is -0.137. The normalized spacial score (nSPS) is 17.8. The van der Waals surface area contributed by atoms with Crippen molar-refractivity contribution >= 4 is 31.4 Å². The number of benzene rings is 2. The third kappa shape index (κ3) is 6.50. The molecule has 0 amide bonds. The number of alkyl halides is 3. The lowest BCUT2D eigenvalue weighted by Gasteiger charge is -2.33. The summed E-state index contributed by atoms with van der Waals surface area (Å²) in [6.07, 6.45) is -2.26. The van der Waals surface area contributed by atoms with E-state index in [4.69, 9.17) is 0 Å². The van der Waals surface area contributed by atoms with Crippen LogP contribution in [0.25, 0.3) is 21.3 Å². The molecule has 4 aromatic rings. The fourth-order valence-electron chi connectivity index (χ4n) is 6.49. The van der Waals surface area contributed by atoms with Crippen LogP contribution in [0, 0.1) is 17.1 Å². The maximum atomic E-state index is 13.8. The van der Waals surface area contributed by atoms with Gasteiger partial charge in [0.05, 0.1) is 30.2 Å². The lowest BCUT2D eigenvalue weighted by atomic mass is 9.87. The van der Waals surface area contributed by atoms with Crippen LogP contribution in [0.4, 0.5) is 17.6 Å². The first-order valence-corrected chi connectivity index (χ1v) is 17.2. The molecule has 0 radical (unpaired) electrons. The van der Waals surface area contributed by atoms with Gasteiger partial charge in [0.2, 0.25) is 10.0 Å². The summed E-state index contributed by atoms with van der Waals surface area (Å²) in [5.41, 5.74) is 2.39. The molecule has 14 heteroatoms. The number of nitriles is 1. The Kier molecular flexibility index (Phi) is 8.51. The zero-order valence-corrected chi connectivity index (χ0v) is 26.0. The number of sulfonamides is 1. The van der Waals surface area contributed by atoms with Crippen LogP contribution in [0.5, 0.6) is 0 Å². The Labute approximate surface area is 262 Å². The molecule has 2 aliphatic rings. The first-order chi connectivity index (χ1) is 21.3. The first-order valence-electron chi connectivity index (χ1n) is 14.6. The number of fused-ring (bicyclic) bond motifs is 2. The Bertz CT molecular complexity index is 1870. The van der Waals surface area contributed by atoms with E-state index in [-0.39, 0.29) is 31.4 Å². The van der Waals surface area contributed by atoms with Crippen LogP contribution in [0.3, 0.4) is 0 Å². The number of piperidine rings is 1. The minimum atomic E-state index is -4.49. The number of halogens is 4. The second kappa shape index (κ2) is 12.1. The van der Waals surface area contributed by atoms with Crippen LogP contribution in [0.1, 0.15) is 46.0 Å². The van der Waals surface area contributed by atoms with Crippen molar-refractivity contribution in [3.8, 4) is 17.3 Å². The molecule has 2 aliphatic heterocycles. The smallest absolute Gasteiger partial charge is 0.390 e. The van der Waals surface area contributed by atoms with Crippen LogP contribution < -0.4 is 0 Å². The predicted octanol–water partition coefficient (Wildman–Crippen LogP) is 5.35. The van der Waals surface area contributed by atoms with Crippen molar-refractivity contribution in [3.63, 3.8) is 0 Å². The van der Waals surface area contributed by atoms with Gasteiger partial charge < -0.3 is 10.0 Å². The number of nitrogens with zero attached hydrogens (tertiary/aromatic N) is 5. The molecule has 0 aliphatic carbocycles. The minimum Gasteiger partial charge on any atom is -0.390 e. The minimum absolute atomic E-state index is 0.0444. The average Bonchev–Trinajstić information content (AvgIpc) is 3.54. The number of hydrogen-bond acceptors (Lipinski definition) is 7. The average molecular weight is 662 g/mol. The van der Waals surface area contributed by atoms with Gasteiger partial charge in [-0.1, -0.05) is 18.2 Å². The van der Waals surface area contributed by atoms with E-state index in [1.165, 1.54) is 39.9 Å². The van der Waals surface area contributed by atoms with E-state index >= 15 is 0 Å². The summed E-state index contributed by atoms with van der Waals surface area (Å²) in [5.74, 6) is -0.185. The Balaban J connectivity index is 1.17. The molecule has 2 aromatic heterocycles. The van der Waals surface area contributed by atoms with Crippen molar-refractivity contribution in [2.24, 2.45) is 0 Å². The molecule has 8 nitrogen and oxygen atoms in total. The number of aliphatic hydroxyl groups excluding tert-OH is 1. The van der Waals surface area contributed by atoms with Gasteiger partial charge in [-0.3, -0.25) is 4.68 Å². The molecule has 1 saturated heterocycles. The molecule has 6 rings (SSSR count). The van der Waals surface area contributed by atoms with Gasteiger partial charge >= 0.3 is 6.18 Å². The maximum Gasteiger partial charge on any atom is 0.416 e. The molecule has 0 bridgehead atoms. The highest BCUT2D eigenvalue weighted by Crippen LogP contribution is 2.41. The van der Waals surface area contributed by atoms with Crippen LogP contribution in [0.2, 0.25) is 0 Å². The number of hydrogen-bond donors (Lipinski definition) is 1. The van der Waals surface area contributed by atoms with Gasteiger partial charge in [0.25, 0.3) is 0 Å². The number of likely N-dealkylation sites (tertiary alicyclic amines) is 1. The molecule has 4 heterocycles. The summed E-state index contributed by atoms with van der Waals surface area (Å²) >= 11 is 1.31. The van der Waals surface area contributed by atoms with Crippen molar-refractivity contribution in [1.29, 1.82) is 5.26 Å². The van der Waals surface area contributed by atoms with E-state index in [1.807, 2.05) is 0 Å². The fraction of sp³-hybridized carbons (Fsp3) is 0.419. The first kappa shape index (κ1) is 31.6. The molecule has 45 heavy (non-hydrogen) atoms. The second-order valence-electron chi connectivity index (χ2n) is 11.7. The summed E-state index contributed by atoms with van der Waals surface area (Å²) in [4.78, 5) is 2.76. The number of thiophene rings is 1. The van der Waals surface area contributed by atoms with E-state index in [1.54, 1.807) is 10.7 Å². The van der Waals surface area contributed by atoms with Crippen molar-refractivity contribution in [1.82, 2.24) is 19.0 Å². The highest BCUT2D eigenvalue weighted by Gasteiger charge is 2.33. The van der Waals surface area contributed by atoms with E-state index < -0.39 is 27.9 Å². The third-order valence-electron chi connectivity index (χ3n) is 8.69. The SMILES string of the molecule is CS(=O)(=O)N1CCc2c(c(-c3ccc(C(F)(F)F)cc3)nn2CC(O)CN2CCC(c3c(C#N)sc4cc(F)ccc34)CC2)C1. The van der Waals surface area contributed by atoms with E-state index in [2.05, 4.69) is 16.1 Å². The zero-order chi connectivity index (χ0) is 32.1. The van der Waals surface area contributed by atoms with Gasteiger partial charge in [0.15, 0.2) is 0 Å². The van der Waals surface area contributed by atoms with Crippen molar-refractivity contribution < 1.29 is 31.1 Å². The summed E-state index contributed by atoms with van der Waals surface area (Å²) in [6, 6.07) is 11.5. The number of aromatic nitrogens is 2. The summed E-state index contributed by atoms with van der Waals surface area (Å²) < 4.78 is 81.7. The summed E-state index contributed by atoms with van der Waals surface area (Å²) in [7, 11) is -3.51. The van der Waals surface area contributed by atoms with Crippen molar-refractivity contribution in [3.05, 3.63) is 75.5 Å². The molecule has 0 saturated carbocycles. The highest BCUT2D eigenvalue weighted by atomic mass is 32.2. The lowest BCUT2D eigenvalue weighted by Crippen LogP contribution is -2.40. The van der Waals surface area contributed by atoms with Gasteiger partial charge in [0, 0.05) is 47.6 Å². The van der Waals surface area contributed by atoms with E-state index in [0.29, 0.717) is 47.8 Å². The van der Waals surface area contributed by atoms with E-state index in [0.717, 1.165) is 52.6 Å². The molecule has 1 fully saturated rings. The molecule has 238 valence electrons. The second-order valence-corrected chi connectivity index (χ2v) is 14.7. The van der Waals surface area contributed by atoms with Crippen LogP contribution in [-0.4, -0.2) is 71.0 Å². The van der Waals surface area contributed by atoms with Crippen molar-refractivity contribution in [2.75, 3.05) is 32.4 Å². The van der Waals surface area contributed by atoms with Gasteiger partial charge in [-0.25, -0.2) is 12.8 Å². The molecular weight excluding hydrogens is 630 g/mol. The zero-order valence-electron chi connectivity index (χ0n) is 24.4. The molecule has 0 spiro atoms. The number of rotatable bonds is 7. The van der Waals surface area contributed by atoms with E-state index in [9.17, 15) is 36.3 Å². The summed E-state index contributed by atoms with van der Waals surface area (Å²) in [5, 5.41) is 26.5. The maximum absolute atomic E-state index is 13.8. The largest absolute Gasteiger partial charge is 0.416 e. The Hall–Kier alpha value is -3.35. The Morgan fingerprint density at radius 3 is 2.47 bits per heavy atom. The van der Waals surface area contributed by atoms with Gasteiger partial charge in [-0.05, 0) is 67.1 Å². The molecule has 1 unspecified atom stereocenters. The Morgan fingerprint density at radius 1 is 1.11 bits per heavy atom. The quantitative estimate of drug-likeness (QED) is 0.268. The number of β-amino-alcohol motifs (C(OH)–C–C–N with tert-alkyl or cyclic N) is 1. The third-order valence-corrected chi connectivity index (χ3v) is 11.0. The highest BCUT2D eigenvalue weighted by molar-refractivity contribution is 7.88. The monoisotopic (exact) mass is 661 g/mol. The topological polar surface area (TPSA) is 102 Å². The van der Waals surface area contributed by atoms with Crippen molar-refractivity contribution in [2.45, 2.75) is 50.6 Å². The Morgan fingerprint density at radius 2 is 1.82 bits per heavy atom. The summed E-state index contributed by atoms with van der Waals surface area (Å²) in [6.45, 7) is 2.18. The van der Waals surface area contributed by atoms with Crippen LogP contribution in [-0.2, 0) is 35.7 Å². The van der Waals surface area contributed by atoms with Gasteiger partial charge in [0.1, 0.15) is 16.8 Å². The predicted molar refractivity (Wildman–Crippen MR) is 163 cm³/mol. The number of aliphatic hydroxyl groups is 1. The van der Waals surface area contributed by atoms with Crippen LogP contribution in [0.15, 0.2) is 42.5 Å². The van der Waals surface area contributed by atoms with Gasteiger partial charge in [-0.15, -0.1) is 11.3 Å². The molecule has 1 N–H and O–H groups in total. The molecule has 2 aromatic carbocycles. The standard InChI is InChI=1S/C31H31F4N5O3S2/c1-45(42,43)39-13-10-26-25(18-39)30(20-2-4-21(5-3-20)31(33,34)35)37-40(26)17-23(41)16-38-11-8-19(9-12-38)29-24-7-6-22(32)14-27(24)44-28(29)15-36/h2-7,14,19,23,41H,8-13,16-18H2,1H3. The molecular formula is C31H31F4N5O3S2. The fourth-order valence-corrected chi connectivity index (χ4v) is 8.39. The van der Waals surface area contributed by atoms with Crippen LogP contribution >= 0.6 is 11.3 Å².